The fourth-order valence-electron chi connectivity index (χ4n) is 7.37. The number of alkyl halides is 6. The first-order valence-electron chi connectivity index (χ1n) is 18.2. The highest BCUT2D eigenvalue weighted by Gasteiger charge is 2.35. The average Bonchev–Trinajstić information content (AvgIpc) is 3.23. The fourth-order valence-corrected chi connectivity index (χ4v) is 7.37. The molecule has 0 aliphatic carbocycles. The summed E-state index contributed by atoms with van der Waals surface area (Å²) in [5.74, 6) is -2.69. The summed E-state index contributed by atoms with van der Waals surface area (Å²) in [6.07, 6.45) is -9.71. The van der Waals surface area contributed by atoms with Gasteiger partial charge in [0.1, 0.15) is 11.6 Å². The fraction of sp³-hybridized carbons (Fsp3) is 0.0400. The topological polar surface area (TPSA) is 0 Å². The van der Waals surface area contributed by atoms with E-state index >= 15 is 0 Å². The Labute approximate surface area is 329 Å². The Balaban J connectivity index is 1.38. The molecule has 8 aromatic rings. The molecule has 0 saturated carbocycles. The van der Waals surface area contributed by atoms with E-state index in [1.165, 1.54) is 12.1 Å². The van der Waals surface area contributed by atoms with Crippen LogP contribution in [-0.4, -0.2) is 0 Å². The van der Waals surface area contributed by atoms with Gasteiger partial charge in [0, 0.05) is 0 Å². The molecule has 0 unspecified atom stereocenters. The second-order valence-corrected chi connectivity index (χ2v) is 13.7. The van der Waals surface area contributed by atoms with Crippen LogP contribution in [0.5, 0.6) is 0 Å². The van der Waals surface area contributed by atoms with Crippen molar-refractivity contribution in [1.82, 2.24) is 0 Å². The lowest BCUT2D eigenvalue weighted by molar-refractivity contribution is -0.140. The van der Waals surface area contributed by atoms with Crippen molar-refractivity contribution in [1.29, 1.82) is 0 Å². The average molecular weight is 783 g/mol. The molecule has 0 amide bonds. The highest BCUT2D eigenvalue weighted by molar-refractivity contribution is 6.07. The molecule has 0 aliphatic heterocycles. The third kappa shape index (κ3) is 7.53. The van der Waals surface area contributed by atoms with Gasteiger partial charge in [-0.3, -0.25) is 0 Å². The maximum absolute atomic E-state index is 14.2. The summed E-state index contributed by atoms with van der Waals surface area (Å²) < 4.78 is 110. The minimum atomic E-state index is -4.86. The third-order valence-corrected chi connectivity index (χ3v) is 10.1. The highest BCUT2D eigenvalue weighted by Crippen LogP contribution is 2.51. The SMILES string of the molecule is Fc1ccc(-c2ccc(-c3cc(-c4ccccc4)c(-c4ccc(-c5ccc(F)c(C(F)(F)F)c5)cc4)c(-c4ccccc4)c3-c3ccccc3)cc2)cc1C(F)(F)F. The first-order valence-corrected chi connectivity index (χ1v) is 18.2. The van der Waals surface area contributed by atoms with Gasteiger partial charge in [0.25, 0.3) is 0 Å². The summed E-state index contributed by atoms with van der Waals surface area (Å²) in [4.78, 5) is 0. The first kappa shape index (κ1) is 38.1. The van der Waals surface area contributed by atoms with E-state index < -0.39 is 35.1 Å². The van der Waals surface area contributed by atoms with E-state index in [1.54, 1.807) is 24.3 Å². The lowest BCUT2D eigenvalue weighted by Crippen LogP contribution is -2.08. The molecule has 0 N–H and O–H groups in total. The van der Waals surface area contributed by atoms with Crippen LogP contribution in [0, 0.1) is 11.6 Å². The van der Waals surface area contributed by atoms with Crippen LogP contribution in [0.25, 0.3) is 77.9 Å². The van der Waals surface area contributed by atoms with Gasteiger partial charge in [-0.25, -0.2) is 8.78 Å². The molecule has 0 saturated heterocycles. The van der Waals surface area contributed by atoms with Crippen molar-refractivity contribution in [2.45, 2.75) is 12.4 Å². The maximum Gasteiger partial charge on any atom is 0.419 e. The molecule has 0 heterocycles. The minimum absolute atomic E-state index is 0.214. The molecule has 0 fully saturated rings. The van der Waals surface area contributed by atoms with Gasteiger partial charge in [0.05, 0.1) is 11.1 Å². The normalized spacial score (nSPS) is 11.8. The van der Waals surface area contributed by atoms with Gasteiger partial charge >= 0.3 is 12.4 Å². The van der Waals surface area contributed by atoms with Crippen molar-refractivity contribution >= 4 is 0 Å². The first-order chi connectivity index (χ1) is 27.9. The van der Waals surface area contributed by atoms with Gasteiger partial charge in [-0.1, -0.05) is 152 Å². The van der Waals surface area contributed by atoms with Gasteiger partial charge < -0.3 is 0 Å². The lowest BCUT2D eigenvalue weighted by Gasteiger charge is -2.24. The van der Waals surface area contributed by atoms with Crippen LogP contribution in [0.3, 0.4) is 0 Å². The van der Waals surface area contributed by atoms with Gasteiger partial charge in [-0.15, -0.1) is 0 Å². The Hall–Kier alpha value is -6.80. The second-order valence-electron chi connectivity index (χ2n) is 13.7. The van der Waals surface area contributed by atoms with E-state index in [0.29, 0.717) is 11.1 Å². The summed E-state index contributed by atoms with van der Waals surface area (Å²) in [6, 6.07) is 51.5. The van der Waals surface area contributed by atoms with E-state index in [1.807, 2.05) is 115 Å². The Morgan fingerprint density at radius 3 is 0.948 bits per heavy atom. The molecular formula is C50H30F8. The van der Waals surface area contributed by atoms with Gasteiger partial charge in [0.15, 0.2) is 0 Å². The van der Waals surface area contributed by atoms with E-state index in [4.69, 9.17) is 0 Å². The molecule has 8 aromatic carbocycles. The van der Waals surface area contributed by atoms with E-state index in [-0.39, 0.29) is 11.1 Å². The molecule has 8 rings (SSSR count). The zero-order valence-electron chi connectivity index (χ0n) is 30.3. The molecule has 0 atom stereocenters. The smallest absolute Gasteiger partial charge is 0.206 e. The maximum atomic E-state index is 14.2. The molecule has 58 heavy (non-hydrogen) atoms. The Bertz CT molecular complexity index is 2720. The predicted molar refractivity (Wildman–Crippen MR) is 214 cm³/mol. The molecule has 0 spiro atoms. The second kappa shape index (κ2) is 15.3. The standard InChI is InChI=1S/C50H30F8/c51-44-26-24-38(28-42(44)49(53,54)55)31-16-20-34(21-17-31)41-30-40(33-10-4-1-5-11-33)47(48(36-14-8-3-9-15-36)46(41)35-12-6-2-7-13-35)37-22-18-32(19-23-37)39-25-27-45(52)43(29-39)50(56,57)58/h1-30H. The van der Waals surface area contributed by atoms with Crippen molar-refractivity contribution in [3.05, 3.63) is 205 Å². The third-order valence-electron chi connectivity index (χ3n) is 10.1. The number of benzene rings is 8. The summed E-state index contributed by atoms with van der Waals surface area (Å²) in [5, 5.41) is 0. The van der Waals surface area contributed by atoms with E-state index in [0.717, 1.165) is 79.9 Å². The van der Waals surface area contributed by atoms with Crippen molar-refractivity contribution in [3.63, 3.8) is 0 Å². The van der Waals surface area contributed by atoms with Crippen LogP contribution in [0.15, 0.2) is 182 Å². The number of hydrogen-bond donors (Lipinski definition) is 0. The van der Waals surface area contributed by atoms with Crippen LogP contribution < -0.4 is 0 Å². The molecule has 8 heteroatoms. The Kier molecular flexibility index (Phi) is 10.0. The highest BCUT2D eigenvalue weighted by atomic mass is 19.4. The lowest BCUT2D eigenvalue weighted by atomic mass is 9.78. The van der Waals surface area contributed by atoms with Crippen LogP contribution in [-0.2, 0) is 12.4 Å². The number of rotatable bonds is 7. The van der Waals surface area contributed by atoms with Crippen molar-refractivity contribution in [3.8, 4) is 77.9 Å². The zero-order chi connectivity index (χ0) is 40.6. The van der Waals surface area contributed by atoms with E-state index in [2.05, 4.69) is 6.07 Å². The van der Waals surface area contributed by atoms with Crippen LogP contribution in [0.1, 0.15) is 11.1 Å². The molecule has 0 aliphatic rings. The predicted octanol–water partition coefficient (Wildman–Crippen LogP) is 15.7. The van der Waals surface area contributed by atoms with Crippen LogP contribution in [0.4, 0.5) is 35.1 Å². The summed E-state index contributed by atoms with van der Waals surface area (Å²) in [6.45, 7) is 0. The minimum Gasteiger partial charge on any atom is -0.206 e. The quantitative estimate of drug-likeness (QED) is 0.141. The summed E-state index contributed by atoms with van der Waals surface area (Å²) in [5.41, 5.74) is 7.16. The van der Waals surface area contributed by atoms with Gasteiger partial charge in [-0.05, 0) is 108 Å². The number of halogens is 8. The molecule has 0 bridgehead atoms. The van der Waals surface area contributed by atoms with Crippen LogP contribution in [0.2, 0.25) is 0 Å². The molecular weight excluding hydrogens is 753 g/mol. The van der Waals surface area contributed by atoms with Crippen molar-refractivity contribution < 1.29 is 35.1 Å². The molecule has 0 nitrogen and oxygen atoms in total. The Morgan fingerprint density at radius 2 is 0.552 bits per heavy atom. The largest absolute Gasteiger partial charge is 0.419 e. The van der Waals surface area contributed by atoms with Crippen molar-refractivity contribution in [2.24, 2.45) is 0 Å². The van der Waals surface area contributed by atoms with E-state index in [9.17, 15) is 35.1 Å². The molecule has 0 aromatic heterocycles. The summed E-state index contributed by atoms with van der Waals surface area (Å²) >= 11 is 0. The van der Waals surface area contributed by atoms with Crippen molar-refractivity contribution in [2.75, 3.05) is 0 Å². The Morgan fingerprint density at radius 1 is 0.259 bits per heavy atom. The van der Waals surface area contributed by atoms with Gasteiger partial charge in [-0.2, -0.15) is 26.3 Å². The number of hydrogen-bond acceptors (Lipinski definition) is 0. The molecule has 286 valence electrons. The molecule has 0 radical (unpaired) electrons. The summed E-state index contributed by atoms with van der Waals surface area (Å²) in [7, 11) is 0. The van der Waals surface area contributed by atoms with Gasteiger partial charge in [0.2, 0.25) is 0 Å². The zero-order valence-corrected chi connectivity index (χ0v) is 30.3. The van der Waals surface area contributed by atoms with Crippen LogP contribution >= 0.6 is 0 Å². The monoisotopic (exact) mass is 782 g/mol.